The second-order valence-corrected chi connectivity index (χ2v) is 2.45. The highest BCUT2D eigenvalue weighted by molar-refractivity contribution is 5.32. The first-order chi connectivity index (χ1) is 5.36. The molecule has 0 spiro atoms. The Labute approximate surface area is 65.4 Å². The Kier molecular flexibility index (Phi) is 1.27. The maximum atomic E-state index is 10.9. The standard InChI is InChI=1S/C9H7NO/c11-9-5-4-8-3-1-2-6-10(8)7-9/h1-2,4-5,7H,6H2. The van der Waals surface area contributed by atoms with Gasteiger partial charge in [-0.25, -0.2) is 0 Å². The minimum Gasteiger partial charge on any atom is -0.871 e. The Balaban J connectivity index is 2.33. The Bertz CT molecular complexity index is 284. The SMILES string of the molecule is [O-]C1=CN2CC=C[C+]=C2C=C1. The van der Waals surface area contributed by atoms with Crippen molar-refractivity contribution in [1.29, 1.82) is 0 Å². The van der Waals surface area contributed by atoms with Crippen molar-refractivity contribution in [3.63, 3.8) is 0 Å². The lowest BCUT2D eigenvalue weighted by molar-refractivity contribution is -0.296. The largest absolute Gasteiger partial charge is 0.871 e. The summed E-state index contributed by atoms with van der Waals surface area (Å²) in [6.45, 7) is 0.776. The molecule has 0 fully saturated rings. The fraction of sp³-hybridized carbons (Fsp3) is 0.111. The van der Waals surface area contributed by atoms with Gasteiger partial charge in [0.25, 0.3) is 0 Å². The van der Waals surface area contributed by atoms with Gasteiger partial charge < -0.3 is 10.0 Å². The van der Waals surface area contributed by atoms with Gasteiger partial charge in [-0.1, -0.05) is 5.76 Å². The maximum Gasteiger partial charge on any atom is 0.209 e. The van der Waals surface area contributed by atoms with Gasteiger partial charge in [-0.3, -0.25) is 0 Å². The molecule has 2 nitrogen and oxygen atoms in total. The van der Waals surface area contributed by atoms with Gasteiger partial charge in [-0.05, 0) is 6.08 Å². The lowest BCUT2D eigenvalue weighted by atomic mass is 10.2. The highest BCUT2D eigenvalue weighted by atomic mass is 16.3. The Morgan fingerprint density at radius 1 is 1.45 bits per heavy atom. The van der Waals surface area contributed by atoms with Crippen LogP contribution in [0.1, 0.15) is 0 Å². The Morgan fingerprint density at radius 2 is 2.36 bits per heavy atom. The molecule has 0 saturated carbocycles. The van der Waals surface area contributed by atoms with Crippen LogP contribution in [0.3, 0.4) is 0 Å². The maximum absolute atomic E-state index is 10.9. The molecule has 0 radical (unpaired) electrons. The van der Waals surface area contributed by atoms with Crippen LogP contribution in [0.2, 0.25) is 0 Å². The zero-order valence-electron chi connectivity index (χ0n) is 5.95. The molecular formula is C9H7NO. The summed E-state index contributed by atoms with van der Waals surface area (Å²) in [7, 11) is 0. The van der Waals surface area contributed by atoms with E-state index < -0.39 is 0 Å². The highest BCUT2D eigenvalue weighted by Crippen LogP contribution is 2.16. The van der Waals surface area contributed by atoms with Crippen molar-refractivity contribution in [1.82, 2.24) is 4.90 Å². The van der Waals surface area contributed by atoms with Gasteiger partial charge in [-0.2, -0.15) is 0 Å². The lowest BCUT2D eigenvalue weighted by Gasteiger charge is -2.22. The third-order valence-electron chi connectivity index (χ3n) is 1.65. The summed E-state index contributed by atoms with van der Waals surface area (Å²) in [6, 6.07) is 0. The Morgan fingerprint density at radius 3 is 3.27 bits per heavy atom. The number of hydrogen-bond donors (Lipinski definition) is 0. The summed E-state index contributed by atoms with van der Waals surface area (Å²) >= 11 is 0. The molecule has 0 unspecified atom stereocenters. The molecule has 0 bridgehead atoms. The third-order valence-corrected chi connectivity index (χ3v) is 1.65. The van der Waals surface area contributed by atoms with Crippen LogP contribution in [-0.2, 0) is 0 Å². The minimum absolute atomic E-state index is 0.0471. The van der Waals surface area contributed by atoms with E-state index in [1.807, 2.05) is 17.1 Å². The molecule has 0 saturated heterocycles. The van der Waals surface area contributed by atoms with E-state index in [4.69, 9.17) is 0 Å². The van der Waals surface area contributed by atoms with Crippen LogP contribution in [-0.4, -0.2) is 11.4 Å². The average Bonchev–Trinajstić information content (AvgIpc) is 2.04. The topological polar surface area (TPSA) is 26.3 Å². The summed E-state index contributed by atoms with van der Waals surface area (Å²) < 4.78 is 0. The summed E-state index contributed by atoms with van der Waals surface area (Å²) in [5.74, 6) is 0.0471. The van der Waals surface area contributed by atoms with E-state index in [2.05, 4.69) is 6.08 Å². The highest BCUT2D eigenvalue weighted by Gasteiger charge is 2.14. The second-order valence-electron chi connectivity index (χ2n) is 2.45. The van der Waals surface area contributed by atoms with Crippen molar-refractivity contribution >= 4 is 0 Å². The van der Waals surface area contributed by atoms with Gasteiger partial charge in [0, 0.05) is 12.3 Å². The molecule has 2 heterocycles. The summed E-state index contributed by atoms with van der Waals surface area (Å²) in [5.41, 5.74) is 0.965. The van der Waals surface area contributed by atoms with Crippen LogP contribution in [0, 0.1) is 6.08 Å². The predicted octanol–water partition coefficient (Wildman–Crippen LogP) is 0.317. The minimum atomic E-state index is 0.0471. The zero-order valence-corrected chi connectivity index (χ0v) is 5.95. The molecule has 0 aromatic rings. The predicted molar refractivity (Wildman–Crippen MR) is 39.8 cm³/mol. The van der Waals surface area contributed by atoms with E-state index >= 15 is 0 Å². The van der Waals surface area contributed by atoms with Gasteiger partial charge in [0.05, 0.1) is 18.7 Å². The molecule has 0 amide bonds. The molecule has 2 aliphatic rings. The van der Waals surface area contributed by atoms with E-state index in [0.717, 1.165) is 12.2 Å². The number of hydrogen-bond acceptors (Lipinski definition) is 2. The molecule has 11 heavy (non-hydrogen) atoms. The fourth-order valence-corrected chi connectivity index (χ4v) is 1.12. The van der Waals surface area contributed by atoms with Gasteiger partial charge in [0.15, 0.2) is 0 Å². The van der Waals surface area contributed by atoms with E-state index in [1.54, 1.807) is 18.4 Å². The van der Waals surface area contributed by atoms with Gasteiger partial charge in [0.1, 0.15) is 6.08 Å². The van der Waals surface area contributed by atoms with Crippen LogP contribution >= 0.6 is 0 Å². The normalized spacial score (nSPS) is 20.2. The lowest BCUT2D eigenvalue weighted by Crippen LogP contribution is -2.23. The molecule has 0 aromatic heterocycles. The first-order valence-electron chi connectivity index (χ1n) is 3.48. The van der Waals surface area contributed by atoms with Crippen LogP contribution < -0.4 is 5.11 Å². The molecule has 0 aromatic carbocycles. The molecular weight excluding hydrogens is 138 g/mol. The molecule has 0 N–H and O–H groups in total. The van der Waals surface area contributed by atoms with Gasteiger partial charge in [0.2, 0.25) is 5.70 Å². The summed E-state index contributed by atoms with van der Waals surface area (Å²) in [5, 5.41) is 10.9. The average molecular weight is 145 g/mol. The van der Waals surface area contributed by atoms with Gasteiger partial charge in [-0.15, -0.1) is 0 Å². The second kappa shape index (κ2) is 2.26. The number of nitrogens with zero attached hydrogens (tertiary/aromatic N) is 1. The smallest absolute Gasteiger partial charge is 0.209 e. The molecule has 2 heteroatoms. The molecule has 0 atom stereocenters. The van der Waals surface area contributed by atoms with Crippen molar-refractivity contribution in [3.8, 4) is 0 Å². The van der Waals surface area contributed by atoms with E-state index in [0.29, 0.717) is 0 Å². The number of fused-ring (bicyclic) bond motifs is 1. The Hall–Kier alpha value is -1.53. The number of rotatable bonds is 0. The third kappa shape index (κ3) is 1.04. The van der Waals surface area contributed by atoms with Crippen molar-refractivity contribution < 1.29 is 5.11 Å². The quantitative estimate of drug-likeness (QED) is 0.459. The monoisotopic (exact) mass is 145 g/mol. The van der Waals surface area contributed by atoms with Crippen molar-refractivity contribution in [2.24, 2.45) is 0 Å². The van der Waals surface area contributed by atoms with Crippen molar-refractivity contribution in [2.75, 3.05) is 6.54 Å². The first kappa shape index (κ1) is 6.20. The van der Waals surface area contributed by atoms with E-state index in [-0.39, 0.29) is 5.76 Å². The van der Waals surface area contributed by atoms with E-state index in [1.165, 1.54) is 0 Å². The molecule has 54 valence electrons. The summed E-state index contributed by atoms with van der Waals surface area (Å²) in [4.78, 5) is 1.88. The first-order valence-corrected chi connectivity index (χ1v) is 3.48. The molecule has 0 aliphatic carbocycles. The van der Waals surface area contributed by atoms with Crippen LogP contribution in [0.25, 0.3) is 0 Å². The van der Waals surface area contributed by atoms with Crippen LogP contribution in [0.4, 0.5) is 0 Å². The van der Waals surface area contributed by atoms with Crippen molar-refractivity contribution in [2.45, 2.75) is 0 Å². The van der Waals surface area contributed by atoms with E-state index in [9.17, 15) is 5.11 Å². The molecule has 2 rings (SSSR count). The fourth-order valence-electron chi connectivity index (χ4n) is 1.12. The van der Waals surface area contributed by atoms with Gasteiger partial charge >= 0.3 is 0 Å². The van der Waals surface area contributed by atoms with Crippen LogP contribution in [0.5, 0.6) is 0 Å². The number of allylic oxidation sites excluding steroid dienone is 4. The van der Waals surface area contributed by atoms with Crippen molar-refractivity contribution in [3.05, 3.63) is 48.0 Å². The summed E-state index contributed by atoms with van der Waals surface area (Å²) in [6.07, 6.45) is 11.8. The molecule has 2 aliphatic heterocycles. The van der Waals surface area contributed by atoms with Crippen LogP contribution in [0.15, 0.2) is 42.0 Å². The zero-order chi connectivity index (χ0) is 7.68.